The summed E-state index contributed by atoms with van der Waals surface area (Å²) in [5, 5.41) is 42.8. The van der Waals surface area contributed by atoms with Crippen molar-refractivity contribution in [2.24, 2.45) is 0 Å². The number of hydrogen-bond donors (Lipinski definition) is 4. The molecular formula is C32H22I4O4. The number of benzene rings is 5. The van der Waals surface area contributed by atoms with E-state index in [1.165, 1.54) is 0 Å². The third-order valence-electron chi connectivity index (χ3n) is 6.94. The lowest BCUT2D eigenvalue weighted by atomic mass is 9.78. The number of halogens is 4. The fourth-order valence-electron chi connectivity index (χ4n) is 5.12. The molecule has 0 amide bonds. The average molecular weight is 978 g/mol. The Morgan fingerprint density at radius 3 is 0.750 bits per heavy atom. The third-order valence-corrected chi connectivity index (χ3v) is 10.6. The van der Waals surface area contributed by atoms with Gasteiger partial charge in [-0.15, -0.1) is 0 Å². The second-order valence-corrected chi connectivity index (χ2v) is 14.1. The van der Waals surface area contributed by atoms with Gasteiger partial charge < -0.3 is 20.4 Å². The predicted octanol–water partition coefficient (Wildman–Crippen LogP) is 10.2. The molecule has 0 radical (unpaired) electrons. The SMILES string of the molecule is Cc1c(-c2ccc(I)c(O)c2)c(-c2ccc(I)c(O)c2)c(C)c(-c2ccc(I)c(O)c2)c1-c1ccc(I)c(O)c1. The summed E-state index contributed by atoms with van der Waals surface area (Å²) < 4.78 is 2.99. The highest BCUT2D eigenvalue weighted by molar-refractivity contribution is 14.1. The number of hydrogen-bond acceptors (Lipinski definition) is 4. The van der Waals surface area contributed by atoms with Crippen molar-refractivity contribution in [3.63, 3.8) is 0 Å². The molecule has 0 aliphatic rings. The smallest absolute Gasteiger partial charge is 0.129 e. The monoisotopic (exact) mass is 978 g/mol. The summed E-state index contributed by atoms with van der Waals surface area (Å²) >= 11 is 8.43. The van der Waals surface area contributed by atoms with Crippen LogP contribution in [0.25, 0.3) is 44.5 Å². The van der Waals surface area contributed by atoms with Crippen LogP contribution in [0.2, 0.25) is 0 Å². The molecular weight excluding hydrogens is 956 g/mol. The molecule has 40 heavy (non-hydrogen) atoms. The van der Waals surface area contributed by atoms with Gasteiger partial charge in [0.05, 0.1) is 14.3 Å². The van der Waals surface area contributed by atoms with Gasteiger partial charge in [0.25, 0.3) is 0 Å². The summed E-state index contributed by atoms with van der Waals surface area (Å²) in [6, 6.07) is 22.6. The molecule has 0 saturated carbocycles. The largest absolute Gasteiger partial charge is 0.507 e. The zero-order chi connectivity index (χ0) is 28.9. The zero-order valence-corrected chi connectivity index (χ0v) is 29.9. The molecule has 5 aromatic carbocycles. The molecule has 0 unspecified atom stereocenters. The summed E-state index contributed by atoms with van der Waals surface area (Å²) in [6.07, 6.45) is 0. The Bertz CT molecular complexity index is 1550. The van der Waals surface area contributed by atoms with Crippen LogP contribution >= 0.6 is 90.4 Å². The topological polar surface area (TPSA) is 80.9 Å². The minimum Gasteiger partial charge on any atom is -0.507 e. The Morgan fingerprint density at radius 1 is 0.375 bits per heavy atom. The van der Waals surface area contributed by atoms with E-state index in [9.17, 15) is 20.4 Å². The van der Waals surface area contributed by atoms with Crippen molar-refractivity contribution in [3.05, 3.63) is 98.2 Å². The molecule has 0 saturated heterocycles. The number of phenolic OH excluding ortho intramolecular Hbond substituents is 4. The van der Waals surface area contributed by atoms with Crippen LogP contribution in [0.5, 0.6) is 23.0 Å². The van der Waals surface area contributed by atoms with Gasteiger partial charge in [-0.25, -0.2) is 0 Å². The van der Waals surface area contributed by atoms with Crippen LogP contribution in [0.4, 0.5) is 0 Å². The van der Waals surface area contributed by atoms with E-state index in [0.717, 1.165) is 69.9 Å². The van der Waals surface area contributed by atoms with Crippen LogP contribution < -0.4 is 0 Å². The maximum absolute atomic E-state index is 10.7. The molecule has 202 valence electrons. The van der Waals surface area contributed by atoms with Crippen LogP contribution in [0.15, 0.2) is 72.8 Å². The van der Waals surface area contributed by atoms with Crippen LogP contribution in [0.3, 0.4) is 0 Å². The van der Waals surface area contributed by atoms with Crippen molar-refractivity contribution in [1.82, 2.24) is 0 Å². The molecule has 0 fully saturated rings. The Balaban J connectivity index is 2.00. The molecule has 0 aliphatic carbocycles. The van der Waals surface area contributed by atoms with E-state index >= 15 is 0 Å². The van der Waals surface area contributed by atoms with Gasteiger partial charge in [0, 0.05) is 0 Å². The van der Waals surface area contributed by atoms with Crippen molar-refractivity contribution >= 4 is 90.4 Å². The summed E-state index contributed by atoms with van der Waals surface area (Å²) in [6.45, 7) is 4.08. The van der Waals surface area contributed by atoms with E-state index in [0.29, 0.717) is 0 Å². The van der Waals surface area contributed by atoms with Gasteiger partial charge in [-0.2, -0.15) is 0 Å². The van der Waals surface area contributed by atoms with Gasteiger partial charge in [0.15, 0.2) is 0 Å². The Labute approximate surface area is 287 Å². The maximum Gasteiger partial charge on any atom is 0.129 e. The maximum atomic E-state index is 10.7. The lowest BCUT2D eigenvalue weighted by Crippen LogP contribution is -2.01. The summed E-state index contributed by atoms with van der Waals surface area (Å²) in [5.74, 6) is 0.747. The van der Waals surface area contributed by atoms with E-state index in [4.69, 9.17) is 0 Å². The second-order valence-electron chi connectivity index (χ2n) is 9.41. The first-order chi connectivity index (χ1) is 19.0. The predicted molar refractivity (Wildman–Crippen MR) is 195 cm³/mol. The van der Waals surface area contributed by atoms with Crippen LogP contribution in [-0.2, 0) is 0 Å². The number of rotatable bonds is 4. The molecule has 0 bridgehead atoms. The van der Waals surface area contributed by atoms with Crippen molar-refractivity contribution in [3.8, 4) is 67.5 Å². The molecule has 5 rings (SSSR count). The first kappa shape index (κ1) is 29.7. The highest BCUT2D eigenvalue weighted by Crippen LogP contribution is 2.50. The molecule has 0 aliphatic heterocycles. The van der Waals surface area contributed by atoms with Gasteiger partial charge in [0.2, 0.25) is 0 Å². The Morgan fingerprint density at radius 2 is 0.575 bits per heavy atom. The standard InChI is InChI=1S/C32H22I4O4/c1-15-29(17-3-7-21(33)25(37)11-17)31(19-5-9-23(35)27(39)13-19)16(2)32(20-6-10-24(36)28(40)14-20)30(15)18-4-8-22(34)26(38)12-18/h3-14,37-40H,1-2H3. The minimum absolute atomic E-state index is 0.187. The Kier molecular flexibility index (Phi) is 8.79. The second kappa shape index (κ2) is 11.8. The van der Waals surface area contributed by atoms with E-state index in [1.54, 1.807) is 24.3 Å². The van der Waals surface area contributed by atoms with Crippen LogP contribution in [0.1, 0.15) is 11.1 Å². The molecule has 0 spiro atoms. The highest BCUT2D eigenvalue weighted by Gasteiger charge is 2.25. The van der Waals surface area contributed by atoms with E-state index < -0.39 is 0 Å². The first-order valence-electron chi connectivity index (χ1n) is 12.1. The normalized spacial score (nSPS) is 11.2. The van der Waals surface area contributed by atoms with Gasteiger partial charge in [-0.1, -0.05) is 24.3 Å². The first-order valence-corrected chi connectivity index (χ1v) is 16.4. The third kappa shape index (κ3) is 5.52. The van der Waals surface area contributed by atoms with Gasteiger partial charge in [-0.3, -0.25) is 0 Å². The van der Waals surface area contributed by atoms with Gasteiger partial charge >= 0.3 is 0 Å². The summed E-state index contributed by atoms with van der Waals surface area (Å²) in [5.41, 5.74) is 8.86. The molecule has 0 heterocycles. The molecule has 0 aromatic heterocycles. The van der Waals surface area contributed by atoms with Crippen molar-refractivity contribution in [2.45, 2.75) is 13.8 Å². The molecule has 0 atom stereocenters. The van der Waals surface area contributed by atoms with E-state index in [-0.39, 0.29) is 23.0 Å². The average Bonchev–Trinajstić information content (AvgIpc) is 2.91. The summed E-state index contributed by atoms with van der Waals surface area (Å²) in [4.78, 5) is 0. The minimum atomic E-state index is 0.187. The van der Waals surface area contributed by atoms with Crippen LogP contribution in [0, 0.1) is 28.1 Å². The van der Waals surface area contributed by atoms with Gasteiger partial charge in [-0.05, 0) is 208 Å². The van der Waals surface area contributed by atoms with Crippen LogP contribution in [-0.4, -0.2) is 20.4 Å². The number of aromatic hydroxyl groups is 4. The Hall–Kier alpha value is -1.78. The van der Waals surface area contributed by atoms with Crippen molar-refractivity contribution in [2.75, 3.05) is 0 Å². The quantitative estimate of drug-likeness (QED) is 0.135. The zero-order valence-electron chi connectivity index (χ0n) is 21.2. The number of phenols is 4. The molecule has 4 N–H and O–H groups in total. The van der Waals surface area contributed by atoms with Crippen molar-refractivity contribution in [1.29, 1.82) is 0 Å². The van der Waals surface area contributed by atoms with E-state index in [1.807, 2.05) is 62.4 Å². The van der Waals surface area contributed by atoms with E-state index in [2.05, 4.69) is 90.4 Å². The molecule has 5 aromatic rings. The molecule has 8 heteroatoms. The fourth-order valence-corrected chi connectivity index (χ4v) is 6.46. The van der Waals surface area contributed by atoms with Gasteiger partial charge in [0.1, 0.15) is 23.0 Å². The highest BCUT2D eigenvalue weighted by atomic mass is 127. The summed E-state index contributed by atoms with van der Waals surface area (Å²) in [7, 11) is 0. The lowest BCUT2D eigenvalue weighted by Gasteiger charge is -2.26. The fraction of sp³-hybridized carbons (Fsp3) is 0.0625. The lowest BCUT2D eigenvalue weighted by molar-refractivity contribution is 0.471. The van der Waals surface area contributed by atoms with Crippen molar-refractivity contribution < 1.29 is 20.4 Å². The molecule has 4 nitrogen and oxygen atoms in total.